The predicted octanol–water partition coefficient (Wildman–Crippen LogP) is 4.26. The van der Waals surface area contributed by atoms with Gasteiger partial charge in [0, 0.05) is 16.9 Å². The third-order valence-corrected chi connectivity index (χ3v) is 7.59. The number of anilines is 2. The first-order chi connectivity index (χ1) is 17.0. The number of nitrogens with zero attached hydrogens (tertiary/aromatic N) is 1. The van der Waals surface area contributed by atoms with Gasteiger partial charge in [-0.1, -0.05) is 48.6 Å². The molecular formula is C29H24N2O4. The number of nitrogens with one attached hydrogen (secondary N) is 1. The lowest BCUT2D eigenvalue weighted by Crippen LogP contribution is -2.54. The van der Waals surface area contributed by atoms with Crippen molar-refractivity contribution in [2.45, 2.75) is 24.4 Å². The van der Waals surface area contributed by atoms with Crippen molar-refractivity contribution in [3.8, 4) is 5.75 Å². The maximum absolute atomic E-state index is 14.3. The predicted molar refractivity (Wildman–Crippen MR) is 134 cm³/mol. The van der Waals surface area contributed by atoms with Gasteiger partial charge in [0.1, 0.15) is 17.2 Å². The summed E-state index contributed by atoms with van der Waals surface area (Å²) in [6.07, 6.45) is 3.95. The number of methoxy groups -OCH3 is 1. The molecule has 4 atom stereocenters. The van der Waals surface area contributed by atoms with E-state index in [-0.39, 0.29) is 17.5 Å². The third-order valence-electron chi connectivity index (χ3n) is 7.59. The summed E-state index contributed by atoms with van der Waals surface area (Å²) in [7, 11) is 1.57. The highest BCUT2D eigenvalue weighted by molar-refractivity contribution is 6.17. The number of ether oxygens (including phenoxy) is 1. The van der Waals surface area contributed by atoms with Crippen LogP contribution < -0.4 is 15.0 Å². The lowest BCUT2D eigenvalue weighted by atomic mass is 9.64. The van der Waals surface area contributed by atoms with Crippen LogP contribution in [0.15, 0.2) is 78.9 Å². The molecule has 1 fully saturated rings. The fraction of sp³-hybridized carbons (Fsp3) is 0.207. The van der Waals surface area contributed by atoms with E-state index >= 15 is 0 Å². The summed E-state index contributed by atoms with van der Waals surface area (Å²) in [6, 6.07) is 20.8. The number of carbonyl (C=O) groups excluding carboxylic acids is 3. The first kappa shape index (κ1) is 21.4. The van der Waals surface area contributed by atoms with E-state index < -0.39 is 23.4 Å². The third kappa shape index (κ3) is 2.80. The molecular weight excluding hydrogens is 440 g/mol. The molecule has 3 aliphatic heterocycles. The molecule has 35 heavy (non-hydrogen) atoms. The fourth-order valence-electron chi connectivity index (χ4n) is 6.26. The van der Waals surface area contributed by atoms with E-state index in [0.717, 1.165) is 11.3 Å². The number of hydrogen-bond donors (Lipinski definition) is 1. The van der Waals surface area contributed by atoms with E-state index in [0.29, 0.717) is 22.6 Å². The molecule has 0 radical (unpaired) electrons. The maximum atomic E-state index is 14.3. The monoisotopic (exact) mass is 464 g/mol. The molecule has 1 saturated heterocycles. The maximum Gasteiger partial charge on any atom is 0.238 e. The standard InChI is InChI=1S/C29H24N2O4/c1-17(32)27-29(21-8-4-5-9-22(21)30-28(29)34)25(26(33)19-11-14-20(35-2)15-12-19)24-16-13-18-7-3-6-10-23(18)31(24)27/h3-16,24-25,27H,1-2H3,(H,30,34)/t24?,25-,27+,29+/m1/s1. The fourth-order valence-corrected chi connectivity index (χ4v) is 6.26. The molecule has 0 aromatic heterocycles. The Morgan fingerprint density at radius 3 is 2.43 bits per heavy atom. The zero-order valence-electron chi connectivity index (χ0n) is 19.4. The number of hydrogen-bond acceptors (Lipinski definition) is 5. The molecule has 1 unspecified atom stereocenters. The van der Waals surface area contributed by atoms with E-state index in [1.54, 1.807) is 31.4 Å². The minimum atomic E-state index is -1.37. The minimum Gasteiger partial charge on any atom is -0.497 e. The lowest BCUT2D eigenvalue weighted by molar-refractivity contribution is -0.127. The molecule has 0 bridgehead atoms. The first-order valence-electron chi connectivity index (χ1n) is 11.6. The summed E-state index contributed by atoms with van der Waals surface area (Å²) in [4.78, 5) is 43.7. The Labute approximate surface area is 203 Å². The largest absolute Gasteiger partial charge is 0.497 e. The molecule has 1 spiro atoms. The van der Waals surface area contributed by atoms with Gasteiger partial charge < -0.3 is 15.0 Å². The van der Waals surface area contributed by atoms with E-state index in [1.807, 2.05) is 65.6 Å². The number of para-hydroxylation sites is 2. The van der Waals surface area contributed by atoms with Crippen molar-refractivity contribution in [2.24, 2.45) is 5.92 Å². The van der Waals surface area contributed by atoms with Crippen LogP contribution in [0.2, 0.25) is 0 Å². The Bertz CT molecular complexity index is 1410. The molecule has 174 valence electrons. The van der Waals surface area contributed by atoms with Crippen LogP contribution in [-0.2, 0) is 15.0 Å². The number of benzene rings is 3. The SMILES string of the molecule is COc1ccc(C(=O)[C@H]2C3C=Cc4ccccc4N3[C@@H](C(C)=O)[C@@]23C(=O)Nc2ccccc23)cc1. The van der Waals surface area contributed by atoms with Crippen molar-refractivity contribution < 1.29 is 19.1 Å². The van der Waals surface area contributed by atoms with Gasteiger partial charge in [-0.15, -0.1) is 0 Å². The number of ketones is 2. The Hall–Kier alpha value is -4.19. The van der Waals surface area contributed by atoms with Gasteiger partial charge in [-0.3, -0.25) is 14.4 Å². The summed E-state index contributed by atoms with van der Waals surface area (Å²) in [5, 5.41) is 2.99. The molecule has 3 aliphatic rings. The van der Waals surface area contributed by atoms with Gasteiger partial charge in [0.25, 0.3) is 0 Å². The highest BCUT2D eigenvalue weighted by Gasteiger charge is 2.70. The van der Waals surface area contributed by atoms with Crippen LogP contribution in [0.1, 0.15) is 28.4 Å². The van der Waals surface area contributed by atoms with Gasteiger partial charge in [-0.2, -0.15) is 0 Å². The van der Waals surface area contributed by atoms with Crippen molar-refractivity contribution >= 4 is 34.9 Å². The zero-order chi connectivity index (χ0) is 24.3. The van der Waals surface area contributed by atoms with Crippen molar-refractivity contribution in [3.05, 3.63) is 95.6 Å². The van der Waals surface area contributed by atoms with E-state index in [9.17, 15) is 14.4 Å². The zero-order valence-corrected chi connectivity index (χ0v) is 19.4. The smallest absolute Gasteiger partial charge is 0.238 e. The molecule has 3 heterocycles. The number of carbonyl (C=O) groups is 3. The number of fused-ring (bicyclic) bond motifs is 5. The Balaban J connectivity index is 1.63. The first-order valence-corrected chi connectivity index (χ1v) is 11.6. The van der Waals surface area contributed by atoms with Gasteiger partial charge in [-0.25, -0.2) is 0 Å². The molecule has 1 N–H and O–H groups in total. The van der Waals surface area contributed by atoms with Crippen molar-refractivity contribution in [1.82, 2.24) is 0 Å². The van der Waals surface area contributed by atoms with E-state index in [4.69, 9.17) is 4.74 Å². The molecule has 6 rings (SSSR count). The van der Waals surface area contributed by atoms with Crippen LogP contribution in [0.5, 0.6) is 5.75 Å². The highest BCUT2D eigenvalue weighted by atomic mass is 16.5. The number of amides is 1. The van der Waals surface area contributed by atoms with Crippen LogP contribution in [-0.4, -0.2) is 36.7 Å². The Morgan fingerprint density at radius 1 is 0.971 bits per heavy atom. The summed E-state index contributed by atoms with van der Waals surface area (Å²) in [5.74, 6) is -0.815. The lowest BCUT2D eigenvalue weighted by Gasteiger charge is -2.36. The average Bonchev–Trinajstić information content (AvgIpc) is 3.36. The summed E-state index contributed by atoms with van der Waals surface area (Å²) >= 11 is 0. The molecule has 6 nitrogen and oxygen atoms in total. The molecule has 3 aromatic carbocycles. The molecule has 6 heteroatoms. The van der Waals surface area contributed by atoms with Crippen LogP contribution in [0.3, 0.4) is 0 Å². The second-order valence-electron chi connectivity index (χ2n) is 9.27. The molecule has 0 aliphatic carbocycles. The van der Waals surface area contributed by atoms with Crippen LogP contribution in [0.25, 0.3) is 6.08 Å². The summed E-state index contributed by atoms with van der Waals surface area (Å²) in [5.41, 5.74) is 2.25. The van der Waals surface area contributed by atoms with Gasteiger partial charge in [-0.05, 0) is 54.4 Å². The second kappa shape index (κ2) is 7.67. The van der Waals surface area contributed by atoms with Gasteiger partial charge in [0.2, 0.25) is 5.91 Å². The normalized spacial score (nSPS) is 25.6. The summed E-state index contributed by atoms with van der Waals surface area (Å²) < 4.78 is 5.27. The summed E-state index contributed by atoms with van der Waals surface area (Å²) in [6.45, 7) is 1.51. The van der Waals surface area contributed by atoms with Crippen molar-refractivity contribution in [2.75, 3.05) is 17.3 Å². The van der Waals surface area contributed by atoms with E-state index in [2.05, 4.69) is 5.32 Å². The number of rotatable bonds is 4. The van der Waals surface area contributed by atoms with Crippen LogP contribution >= 0.6 is 0 Å². The molecule has 0 saturated carbocycles. The molecule has 1 amide bonds. The van der Waals surface area contributed by atoms with E-state index in [1.165, 1.54) is 6.92 Å². The average molecular weight is 465 g/mol. The second-order valence-corrected chi connectivity index (χ2v) is 9.27. The Kier molecular flexibility index (Phi) is 4.68. The minimum absolute atomic E-state index is 0.156. The van der Waals surface area contributed by atoms with Gasteiger partial charge in [0.15, 0.2) is 11.6 Å². The molecule has 3 aromatic rings. The highest BCUT2D eigenvalue weighted by Crippen LogP contribution is 2.57. The van der Waals surface area contributed by atoms with Crippen molar-refractivity contribution in [1.29, 1.82) is 0 Å². The van der Waals surface area contributed by atoms with Crippen molar-refractivity contribution in [3.63, 3.8) is 0 Å². The van der Waals surface area contributed by atoms with Crippen LogP contribution in [0.4, 0.5) is 11.4 Å². The quantitative estimate of drug-likeness (QED) is 0.584. The van der Waals surface area contributed by atoms with Crippen LogP contribution in [0, 0.1) is 5.92 Å². The van der Waals surface area contributed by atoms with Gasteiger partial charge >= 0.3 is 0 Å². The number of Topliss-reactive ketones (excluding diaryl/α,β-unsaturated/α-hetero) is 2. The van der Waals surface area contributed by atoms with Gasteiger partial charge in [0.05, 0.1) is 19.1 Å². The topological polar surface area (TPSA) is 75.7 Å². The Morgan fingerprint density at radius 2 is 1.69 bits per heavy atom.